The van der Waals surface area contributed by atoms with E-state index in [0.717, 1.165) is 25.9 Å². The lowest BCUT2D eigenvalue weighted by Gasteiger charge is -2.40. The van der Waals surface area contributed by atoms with Gasteiger partial charge in [0.25, 0.3) is 0 Å². The van der Waals surface area contributed by atoms with Gasteiger partial charge in [-0.25, -0.2) is 0 Å². The molecule has 0 bridgehead atoms. The van der Waals surface area contributed by atoms with Crippen LogP contribution in [-0.4, -0.2) is 0 Å². The number of benzene rings is 4. The molecule has 0 unspecified atom stereocenters. The predicted molar refractivity (Wildman–Crippen MR) is 136 cm³/mol. The van der Waals surface area contributed by atoms with Crippen molar-refractivity contribution in [3.8, 4) is 0 Å². The van der Waals surface area contributed by atoms with Crippen LogP contribution >= 0.6 is 0 Å². The van der Waals surface area contributed by atoms with E-state index in [9.17, 15) is 0 Å². The number of anilines is 4. The fourth-order valence-electron chi connectivity index (χ4n) is 4.57. The van der Waals surface area contributed by atoms with Crippen molar-refractivity contribution in [3.63, 3.8) is 0 Å². The molecular formula is C30H30N2. The predicted octanol–water partition coefficient (Wildman–Crippen LogP) is 7.80. The van der Waals surface area contributed by atoms with Crippen LogP contribution in [0.4, 0.5) is 22.7 Å². The molecule has 1 aliphatic rings. The summed E-state index contributed by atoms with van der Waals surface area (Å²) >= 11 is 0. The number of nitrogens with zero attached hydrogens (tertiary/aromatic N) is 2. The Morgan fingerprint density at radius 2 is 0.688 bits per heavy atom. The van der Waals surface area contributed by atoms with E-state index in [1.54, 1.807) is 0 Å². The molecule has 1 aliphatic heterocycles. The lowest BCUT2D eigenvalue weighted by atomic mass is 10.0. The van der Waals surface area contributed by atoms with Gasteiger partial charge in [-0.2, -0.15) is 0 Å². The van der Waals surface area contributed by atoms with Crippen LogP contribution in [-0.2, 0) is 25.9 Å². The van der Waals surface area contributed by atoms with Gasteiger partial charge in [0.15, 0.2) is 0 Å². The molecule has 0 saturated carbocycles. The Bertz CT molecular complexity index is 1050. The molecule has 4 aromatic carbocycles. The van der Waals surface area contributed by atoms with E-state index in [1.807, 2.05) is 0 Å². The minimum atomic E-state index is 0.858. The Kier molecular flexibility index (Phi) is 5.68. The Morgan fingerprint density at radius 3 is 0.969 bits per heavy atom. The Morgan fingerprint density at radius 1 is 0.406 bits per heavy atom. The minimum Gasteiger partial charge on any atom is -0.334 e. The number of fused-ring (bicyclic) bond motifs is 2. The van der Waals surface area contributed by atoms with Crippen LogP contribution in [0.5, 0.6) is 0 Å². The summed E-state index contributed by atoms with van der Waals surface area (Å²) in [5.41, 5.74) is 10.5. The van der Waals surface area contributed by atoms with Crippen LogP contribution in [0.3, 0.4) is 0 Å². The first-order valence-electron chi connectivity index (χ1n) is 11.7. The summed E-state index contributed by atoms with van der Waals surface area (Å²) in [6.45, 7) is 6.13. The molecule has 0 aromatic heterocycles. The van der Waals surface area contributed by atoms with Gasteiger partial charge in [-0.15, -0.1) is 0 Å². The average molecular weight is 419 g/mol. The van der Waals surface area contributed by atoms with Crippen molar-refractivity contribution in [1.29, 1.82) is 0 Å². The van der Waals surface area contributed by atoms with Crippen molar-refractivity contribution in [2.45, 2.75) is 39.8 Å². The van der Waals surface area contributed by atoms with Crippen LogP contribution in [0.25, 0.3) is 0 Å². The van der Waals surface area contributed by atoms with Crippen LogP contribution in [0.15, 0.2) is 97.1 Å². The van der Waals surface area contributed by atoms with Crippen molar-refractivity contribution in [3.05, 3.63) is 119 Å². The fraction of sp³-hybridized carbons (Fsp3) is 0.200. The first kappa shape index (κ1) is 20.4. The zero-order chi connectivity index (χ0) is 21.9. The highest BCUT2D eigenvalue weighted by atomic mass is 15.3. The molecule has 4 aromatic rings. The fourth-order valence-corrected chi connectivity index (χ4v) is 4.57. The monoisotopic (exact) mass is 418 g/mol. The molecule has 1 heterocycles. The maximum absolute atomic E-state index is 2.46. The van der Waals surface area contributed by atoms with Crippen molar-refractivity contribution in [2.24, 2.45) is 0 Å². The van der Waals surface area contributed by atoms with E-state index < -0.39 is 0 Å². The standard InChI is InChI=1S/C30H30N2/c1-3-23-13-17-25(18-14-23)21-31-27-9-5-7-11-29(27)32(30-12-8-6-10-28(30)31)22-26-19-15-24(4-2)16-20-26/h5-20H,3-4,21-22H2,1-2H3. The zero-order valence-electron chi connectivity index (χ0n) is 19.0. The molecule has 0 atom stereocenters. The Labute approximate surface area is 191 Å². The molecule has 0 fully saturated rings. The van der Waals surface area contributed by atoms with Crippen molar-refractivity contribution >= 4 is 22.7 Å². The molecule has 0 N–H and O–H groups in total. The van der Waals surface area contributed by atoms with Gasteiger partial charge >= 0.3 is 0 Å². The second-order valence-corrected chi connectivity index (χ2v) is 8.49. The van der Waals surface area contributed by atoms with E-state index in [2.05, 4.69) is 121 Å². The quantitative estimate of drug-likeness (QED) is 0.315. The van der Waals surface area contributed by atoms with E-state index >= 15 is 0 Å². The summed E-state index contributed by atoms with van der Waals surface area (Å²) in [5.74, 6) is 0. The highest BCUT2D eigenvalue weighted by Crippen LogP contribution is 2.48. The van der Waals surface area contributed by atoms with Gasteiger partial charge < -0.3 is 9.80 Å². The summed E-state index contributed by atoms with van der Waals surface area (Å²) in [4.78, 5) is 4.92. The Balaban J connectivity index is 1.54. The average Bonchev–Trinajstić information content (AvgIpc) is 2.86. The van der Waals surface area contributed by atoms with Gasteiger partial charge in [0.05, 0.1) is 22.7 Å². The lowest BCUT2D eigenvalue weighted by Crippen LogP contribution is -2.29. The number of hydrogen-bond acceptors (Lipinski definition) is 2. The van der Waals surface area contributed by atoms with Gasteiger partial charge in [0, 0.05) is 13.1 Å². The van der Waals surface area contributed by atoms with Gasteiger partial charge in [0.2, 0.25) is 0 Å². The highest BCUT2D eigenvalue weighted by molar-refractivity contribution is 5.93. The third-order valence-corrected chi connectivity index (χ3v) is 6.47. The normalized spacial score (nSPS) is 12.4. The third kappa shape index (κ3) is 3.89. The zero-order valence-corrected chi connectivity index (χ0v) is 19.0. The molecule has 0 radical (unpaired) electrons. The second-order valence-electron chi connectivity index (χ2n) is 8.49. The molecule has 2 heteroatoms. The number of aryl methyl sites for hydroxylation is 2. The SMILES string of the molecule is CCc1ccc(CN2c3ccccc3N(Cc3ccc(CC)cc3)c3ccccc32)cc1. The minimum absolute atomic E-state index is 0.858. The summed E-state index contributed by atoms with van der Waals surface area (Å²) in [6.07, 6.45) is 2.15. The van der Waals surface area contributed by atoms with Crippen LogP contribution in [0.1, 0.15) is 36.1 Å². The van der Waals surface area contributed by atoms with Crippen LogP contribution < -0.4 is 9.80 Å². The molecular weight excluding hydrogens is 388 g/mol. The number of para-hydroxylation sites is 4. The number of hydrogen-bond donors (Lipinski definition) is 0. The topological polar surface area (TPSA) is 6.48 Å². The van der Waals surface area contributed by atoms with Gasteiger partial charge in [-0.05, 0) is 59.4 Å². The maximum Gasteiger partial charge on any atom is 0.0655 e. The molecule has 32 heavy (non-hydrogen) atoms. The molecule has 5 rings (SSSR count). The maximum atomic E-state index is 2.46. The van der Waals surface area contributed by atoms with E-state index in [-0.39, 0.29) is 0 Å². The van der Waals surface area contributed by atoms with Crippen molar-refractivity contribution < 1.29 is 0 Å². The van der Waals surface area contributed by atoms with E-state index in [4.69, 9.17) is 0 Å². The first-order valence-corrected chi connectivity index (χ1v) is 11.7. The third-order valence-electron chi connectivity index (χ3n) is 6.47. The smallest absolute Gasteiger partial charge is 0.0655 e. The summed E-state index contributed by atoms with van der Waals surface area (Å²) < 4.78 is 0. The van der Waals surface area contributed by atoms with E-state index in [0.29, 0.717) is 0 Å². The Hall–Kier alpha value is -3.52. The van der Waals surface area contributed by atoms with Crippen LogP contribution in [0, 0.1) is 0 Å². The molecule has 160 valence electrons. The van der Waals surface area contributed by atoms with Crippen molar-refractivity contribution in [1.82, 2.24) is 0 Å². The molecule has 0 spiro atoms. The molecule has 0 saturated heterocycles. The largest absolute Gasteiger partial charge is 0.334 e. The van der Waals surface area contributed by atoms with E-state index in [1.165, 1.54) is 45.0 Å². The van der Waals surface area contributed by atoms with Crippen LogP contribution in [0.2, 0.25) is 0 Å². The second kappa shape index (κ2) is 8.92. The molecule has 0 amide bonds. The summed E-state index contributed by atoms with van der Waals surface area (Å²) in [5, 5.41) is 0. The first-order chi connectivity index (χ1) is 15.8. The van der Waals surface area contributed by atoms with Gasteiger partial charge in [0.1, 0.15) is 0 Å². The summed E-state index contributed by atoms with van der Waals surface area (Å²) in [7, 11) is 0. The molecule has 0 aliphatic carbocycles. The highest BCUT2D eigenvalue weighted by Gasteiger charge is 2.28. The molecule has 2 nitrogen and oxygen atoms in total. The van der Waals surface area contributed by atoms with Crippen molar-refractivity contribution in [2.75, 3.05) is 9.80 Å². The lowest BCUT2D eigenvalue weighted by molar-refractivity contribution is 0.902. The number of rotatable bonds is 6. The summed E-state index contributed by atoms with van der Waals surface area (Å²) in [6, 6.07) is 35.7. The van der Waals surface area contributed by atoms with Gasteiger partial charge in [-0.1, -0.05) is 86.6 Å². The van der Waals surface area contributed by atoms with Gasteiger partial charge in [-0.3, -0.25) is 0 Å².